The van der Waals surface area contributed by atoms with E-state index in [-0.39, 0.29) is 11.8 Å². The number of hydrazone groups is 1. The van der Waals surface area contributed by atoms with Gasteiger partial charge in [0.1, 0.15) is 6.04 Å². The molecule has 3 aromatic rings. The zero-order chi connectivity index (χ0) is 26.1. The van der Waals surface area contributed by atoms with Crippen LogP contribution in [0.4, 0.5) is 0 Å². The Hall–Kier alpha value is -3.40. The van der Waals surface area contributed by atoms with Crippen molar-refractivity contribution in [2.45, 2.75) is 25.8 Å². The molecular weight excluding hydrogens is 569 g/mol. The van der Waals surface area contributed by atoms with Crippen LogP contribution in [0.2, 0.25) is 0 Å². The Morgan fingerprint density at radius 2 is 1.47 bits per heavy atom. The highest BCUT2D eigenvalue weighted by molar-refractivity contribution is 14.1. The number of nitrogens with zero attached hydrogens (tertiary/aromatic N) is 1. The number of rotatable bonds is 10. The summed E-state index contributed by atoms with van der Waals surface area (Å²) in [7, 11) is 3.14. The summed E-state index contributed by atoms with van der Waals surface area (Å²) in [5.41, 5.74) is 5.00. The van der Waals surface area contributed by atoms with Crippen molar-refractivity contribution in [3.63, 3.8) is 0 Å². The van der Waals surface area contributed by atoms with Gasteiger partial charge >= 0.3 is 0 Å². The van der Waals surface area contributed by atoms with E-state index >= 15 is 0 Å². The summed E-state index contributed by atoms with van der Waals surface area (Å²) < 4.78 is 11.6. The average molecular weight is 599 g/mol. The second-order valence-electron chi connectivity index (χ2n) is 8.46. The molecule has 2 amide bonds. The third-order valence-corrected chi connectivity index (χ3v) is 6.42. The Labute approximate surface area is 225 Å². The van der Waals surface area contributed by atoms with Crippen LogP contribution >= 0.6 is 22.6 Å². The lowest BCUT2D eigenvalue weighted by molar-refractivity contribution is -0.130. The van der Waals surface area contributed by atoms with E-state index in [4.69, 9.17) is 9.47 Å². The first-order valence-electron chi connectivity index (χ1n) is 11.5. The summed E-state index contributed by atoms with van der Waals surface area (Å²) >= 11 is 2.15. The molecule has 0 saturated carbocycles. The second kappa shape index (κ2) is 13.1. The summed E-state index contributed by atoms with van der Waals surface area (Å²) in [4.78, 5) is 26.5. The first kappa shape index (κ1) is 27.2. The molecule has 0 aliphatic heterocycles. The molecule has 3 aromatic carbocycles. The third-order valence-electron chi connectivity index (χ3n) is 5.62. The molecule has 188 valence electrons. The van der Waals surface area contributed by atoms with Crippen LogP contribution in [0.5, 0.6) is 11.5 Å². The van der Waals surface area contributed by atoms with Crippen LogP contribution in [-0.4, -0.2) is 38.3 Å². The minimum absolute atomic E-state index is 0.154. The highest BCUT2D eigenvalue weighted by Gasteiger charge is 2.29. The van der Waals surface area contributed by atoms with Crippen LogP contribution in [-0.2, 0) is 9.59 Å². The molecule has 36 heavy (non-hydrogen) atoms. The number of halogens is 1. The molecule has 0 spiro atoms. The van der Waals surface area contributed by atoms with E-state index in [0.717, 1.165) is 20.3 Å². The van der Waals surface area contributed by atoms with Gasteiger partial charge in [-0.3, -0.25) is 9.59 Å². The van der Waals surface area contributed by atoms with Gasteiger partial charge in [0.2, 0.25) is 5.91 Å². The van der Waals surface area contributed by atoms with Crippen LogP contribution in [0.15, 0.2) is 77.9 Å². The molecule has 2 N–H and O–H groups in total. The van der Waals surface area contributed by atoms with Crippen LogP contribution in [0.1, 0.15) is 36.5 Å². The number of ether oxygens (including phenoxy) is 2. The van der Waals surface area contributed by atoms with Gasteiger partial charge in [-0.2, -0.15) is 5.10 Å². The number of benzene rings is 3. The van der Waals surface area contributed by atoms with E-state index in [2.05, 4.69) is 38.4 Å². The van der Waals surface area contributed by atoms with Gasteiger partial charge in [0.25, 0.3) is 5.91 Å². The summed E-state index contributed by atoms with van der Waals surface area (Å²) in [6.45, 7) is 3.76. The van der Waals surface area contributed by atoms with E-state index in [1.54, 1.807) is 20.3 Å². The Morgan fingerprint density at radius 1 is 0.889 bits per heavy atom. The Morgan fingerprint density at radius 3 is 1.97 bits per heavy atom. The van der Waals surface area contributed by atoms with Gasteiger partial charge in [0.05, 0.1) is 29.9 Å². The van der Waals surface area contributed by atoms with Crippen molar-refractivity contribution >= 4 is 40.6 Å². The van der Waals surface area contributed by atoms with E-state index in [1.807, 2.05) is 80.6 Å². The molecule has 0 aliphatic carbocycles. The van der Waals surface area contributed by atoms with Crippen molar-refractivity contribution in [1.29, 1.82) is 0 Å². The number of carbonyl (C=O) groups excluding carboxylic acids is 2. The highest BCUT2D eigenvalue weighted by Crippen LogP contribution is 2.33. The maximum atomic E-state index is 13.5. The smallest absolute Gasteiger partial charge is 0.262 e. The first-order chi connectivity index (χ1) is 17.3. The SMILES string of the molecule is COc1cc(/C=N\NC(=O)[C@@H](NC(=O)C(c2ccccc2)c2ccccc2)C(C)C)cc(I)c1OC. The molecule has 8 heteroatoms. The monoisotopic (exact) mass is 599 g/mol. The van der Waals surface area contributed by atoms with Crippen molar-refractivity contribution < 1.29 is 19.1 Å². The number of hydrogen-bond acceptors (Lipinski definition) is 5. The first-order valence-corrected chi connectivity index (χ1v) is 12.6. The van der Waals surface area contributed by atoms with Crippen molar-refractivity contribution in [2.24, 2.45) is 11.0 Å². The zero-order valence-electron chi connectivity index (χ0n) is 20.7. The van der Waals surface area contributed by atoms with Gasteiger partial charge < -0.3 is 14.8 Å². The number of hydrogen-bond donors (Lipinski definition) is 2. The van der Waals surface area contributed by atoms with Crippen LogP contribution in [0.25, 0.3) is 0 Å². The van der Waals surface area contributed by atoms with Crippen LogP contribution in [0, 0.1) is 9.49 Å². The van der Waals surface area contributed by atoms with Crippen molar-refractivity contribution in [2.75, 3.05) is 14.2 Å². The van der Waals surface area contributed by atoms with E-state index in [9.17, 15) is 9.59 Å². The summed E-state index contributed by atoms with van der Waals surface area (Å²) in [5.74, 6) is -0.146. The topological polar surface area (TPSA) is 89.0 Å². The van der Waals surface area contributed by atoms with Gasteiger partial charge in [-0.25, -0.2) is 5.43 Å². The second-order valence-corrected chi connectivity index (χ2v) is 9.62. The molecule has 0 aliphatic rings. The predicted octanol–water partition coefficient (Wildman–Crippen LogP) is 4.73. The molecule has 1 atom stereocenters. The molecule has 0 fully saturated rings. The Kier molecular flexibility index (Phi) is 9.86. The van der Waals surface area contributed by atoms with Gasteiger partial charge in [0.15, 0.2) is 11.5 Å². The Bertz CT molecular complexity index is 1160. The predicted molar refractivity (Wildman–Crippen MR) is 149 cm³/mol. The highest BCUT2D eigenvalue weighted by atomic mass is 127. The minimum atomic E-state index is -0.768. The Balaban J connectivity index is 1.76. The summed E-state index contributed by atoms with van der Waals surface area (Å²) in [6, 6.07) is 21.9. The quantitative estimate of drug-likeness (QED) is 0.201. The van der Waals surface area contributed by atoms with Crippen LogP contribution < -0.4 is 20.2 Å². The van der Waals surface area contributed by atoms with Gasteiger partial charge in [-0.1, -0.05) is 74.5 Å². The lowest BCUT2D eigenvalue weighted by atomic mass is 9.89. The van der Waals surface area contributed by atoms with Crippen molar-refractivity contribution in [1.82, 2.24) is 10.7 Å². The third kappa shape index (κ3) is 6.84. The molecule has 0 bridgehead atoms. The zero-order valence-corrected chi connectivity index (χ0v) is 22.9. The van der Waals surface area contributed by atoms with Gasteiger partial charge in [-0.05, 0) is 57.3 Å². The number of nitrogens with one attached hydrogen (secondary N) is 2. The maximum absolute atomic E-state index is 13.5. The molecule has 7 nitrogen and oxygen atoms in total. The van der Waals surface area contributed by atoms with Gasteiger partial charge in [0, 0.05) is 0 Å². The normalized spacial score (nSPS) is 12.0. The van der Waals surface area contributed by atoms with Crippen LogP contribution in [0.3, 0.4) is 0 Å². The molecule has 3 rings (SSSR count). The van der Waals surface area contributed by atoms with Crippen molar-refractivity contribution in [3.8, 4) is 11.5 Å². The van der Waals surface area contributed by atoms with Crippen molar-refractivity contribution in [3.05, 3.63) is 93.1 Å². The molecule has 0 radical (unpaired) electrons. The molecule has 0 saturated heterocycles. The van der Waals surface area contributed by atoms with E-state index in [1.165, 1.54) is 6.21 Å². The molecule has 0 aromatic heterocycles. The van der Waals surface area contributed by atoms with Gasteiger partial charge in [-0.15, -0.1) is 0 Å². The fraction of sp³-hybridized carbons (Fsp3) is 0.250. The maximum Gasteiger partial charge on any atom is 0.262 e. The lowest BCUT2D eigenvalue weighted by Crippen LogP contribution is -2.50. The molecule has 0 heterocycles. The molecule has 0 unspecified atom stereocenters. The standard InChI is InChI=1S/C28H30IN3O4/c1-18(2)25(28(34)32-30-17-19-15-22(29)26(36-4)23(16-19)35-3)31-27(33)24(20-11-7-5-8-12-20)21-13-9-6-10-14-21/h5-18,24-25H,1-4H3,(H,31,33)(H,32,34)/b30-17-/t25-/m0/s1. The lowest BCUT2D eigenvalue weighted by Gasteiger charge is -2.24. The average Bonchev–Trinajstić information content (AvgIpc) is 2.88. The fourth-order valence-electron chi connectivity index (χ4n) is 3.81. The number of methoxy groups -OCH3 is 2. The summed E-state index contributed by atoms with van der Waals surface area (Å²) in [6.07, 6.45) is 1.53. The fourth-order valence-corrected chi connectivity index (χ4v) is 4.66. The molecular formula is C28H30IN3O4. The summed E-state index contributed by atoms with van der Waals surface area (Å²) in [5, 5.41) is 7.05. The van der Waals surface area contributed by atoms with E-state index in [0.29, 0.717) is 11.5 Å². The largest absolute Gasteiger partial charge is 0.493 e. The van der Waals surface area contributed by atoms with E-state index < -0.39 is 17.9 Å². The number of carbonyl (C=O) groups is 2. The minimum Gasteiger partial charge on any atom is -0.493 e. The number of amides is 2.